The monoisotopic (exact) mass is 269 g/mol. The number of para-hydroxylation sites is 2. The topological polar surface area (TPSA) is 89.9 Å². The molecule has 3 rings (SSSR count). The van der Waals surface area contributed by atoms with E-state index in [0.29, 0.717) is 24.1 Å². The fraction of sp³-hybridized carbons (Fsp3) is 0.214. The Kier molecular flexibility index (Phi) is 3.20. The zero-order valence-electron chi connectivity index (χ0n) is 11.1. The summed E-state index contributed by atoms with van der Waals surface area (Å²) in [5, 5.41) is 3.10. The molecular formula is C14H15N5O. The molecule has 0 saturated heterocycles. The van der Waals surface area contributed by atoms with Gasteiger partial charge in [-0.25, -0.2) is 15.0 Å². The number of rotatable bonds is 4. The predicted molar refractivity (Wildman–Crippen MR) is 77.2 cm³/mol. The minimum Gasteiger partial charge on any atom is -0.444 e. The van der Waals surface area contributed by atoms with E-state index in [1.165, 1.54) is 0 Å². The average molecular weight is 269 g/mol. The summed E-state index contributed by atoms with van der Waals surface area (Å²) in [4.78, 5) is 12.9. The van der Waals surface area contributed by atoms with Crippen LogP contribution in [0.2, 0.25) is 0 Å². The van der Waals surface area contributed by atoms with Gasteiger partial charge in [-0.05, 0) is 12.1 Å². The number of fused-ring (bicyclic) bond motifs is 1. The molecule has 0 fully saturated rings. The van der Waals surface area contributed by atoms with Crippen LogP contribution in [-0.2, 0) is 13.0 Å². The molecule has 0 aliphatic heterocycles. The van der Waals surface area contributed by atoms with Gasteiger partial charge >= 0.3 is 0 Å². The van der Waals surface area contributed by atoms with Gasteiger partial charge in [-0.1, -0.05) is 19.1 Å². The third-order valence-electron chi connectivity index (χ3n) is 2.95. The van der Waals surface area contributed by atoms with E-state index in [9.17, 15) is 0 Å². The summed E-state index contributed by atoms with van der Waals surface area (Å²) in [6.45, 7) is 2.45. The van der Waals surface area contributed by atoms with Gasteiger partial charge in [0.1, 0.15) is 5.76 Å². The summed E-state index contributed by atoms with van der Waals surface area (Å²) < 4.78 is 5.52. The van der Waals surface area contributed by atoms with Crippen molar-refractivity contribution in [1.29, 1.82) is 0 Å². The Bertz CT molecular complexity index is 737. The number of hydrogen-bond acceptors (Lipinski definition) is 6. The molecule has 102 valence electrons. The van der Waals surface area contributed by atoms with Gasteiger partial charge in [-0.15, -0.1) is 0 Å². The highest BCUT2D eigenvalue weighted by Gasteiger charge is 2.07. The summed E-state index contributed by atoms with van der Waals surface area (Å²) in [7, 11) is 0. The van der Waals surface area contributed by atoms with Crippen LogP contribution in [0.3, 0.4) is 0 Å². The van der Waals surface area contributed by atoms with Crippen molar-refractivity contribution in [2.24, 2.45) is 0 Å². The number of hydrogen-bond donors (Lipinski definition) is 2. The third-order valence-corrected chi connectivity index (χ3v) is 2.95. The van der Waals surface area contributed by atoms with Crippen LogP contribution in [0.5, 0.6) is 0 Å². The number of oxazole rings is 1. The summed E-state index contributed by atoms with van der Waals surface area (Å²) in [5.41, 5.74) is 7.47. The fourth-order valence-corrected chi connectivity index (χ4v) is 1.90. The molecule has 2 aromatic heterocycles. The minimum atomic E-state index is 0.367. The van der Waals surface area contributed by atoms with E-state index in [-0.39, 0.29) is 0 Å². The van der Waals surface area contributed by atoms with Crippen LogP contribution in [0.25, 0.3) is 11.0 Å². The number of anilines is 2. The smallest absolute Gasteiger partial charge is 0.213 e. The second-order valence-corrected chi connectivity index (χ2v) is 4.37. The Hall–Kier alpha value is -2.63. The molecule has 0 spiro atoms. The minimum absolute atomic E-state index is 0.367. The van der Waals surface area contributed by atoms with Crippen LogP contribution >= 0.6 is 0 Å². The van der Waals surface area contributed by atoms with Gasteiger partial charge in [0, 0.05) is 6.42 Å². The van der Waals surface area contributed by atoms with Crippen LogP contribution in [0.15, 0.2) is 34.9 Å². The van der Waals surface area contributed by atoms with E-state index >= 15 is 0 Å². The summed E-state index contributed by atoms with van der Waals surface area (Å²) >= 11 is 0. The predicted octanol–water partition coefficient (Wildman–Crippen LogP) is 2.37. The summed E-state index contributed by atoms with van der Waals surface area (Å²) in [6, 6.07) is 7.60. The molecule has 0 bridgehead atoms. The second-order valence-electron chi connectivity index (χ2n) is 4.37. The first-order valence-electron chi connectivity index (χ1n) is 6.46. The first-order valence-corrected chi connectivity index (χ1v) is 6.46. The maximum atomic E-state index is 5.90. The molecule has 0 unspecified atom stereocenters. The number of aryl methyl sites for hydroxylation is 1. The molecule has 0 saturated carbocycles. The zero-order chi connectivity index (χ0) is 13.9. The Labute approximate surface area is 116 Å². The van der Waals surface area contributed by atoms with Crippen molar-refractivity contribution in [3.8, 4) is 0 Å². The molecule has 0 aliphatic carbocycles. The van der Waals surface area contributed by atoms with Gasteiger partial charge < -0.3 is 15.5 Å². The molecule has 20 heavy (non-hydrogen) atoms. The standard InChI is InChI=1S/C14H15N5O/c1-2-9-7-16-12(20-9)8-17-14-13(15)18-10-5-3-4-6-11(10)19-14/h3-7H,2,8H2,1H3,(H2,15,18)(H,17,19). The van der Waals surface area contributed by atoms with Gasteiger partial charge in [0.15, 0.2) is 11.6 Å². The zero-order valence-corrected chi connectivity index (χ0v) is 11.1. The van der Waals surface area contributed by atoms with Crippen molar-refractivity contribution < 1.29 is 4.42 Å². The van der Waals surface area contributed by atoms with Crippen molar-refractivity contribution in [1.82, 2.24) is 15.0 Å². The largest absolute Gasteiger partial charge is 0.444 e. The molecule has 0 atom stereocenters. The Morgan fingerprint density at radius 3 is 2.65 bits per heavy atom. The molecule has 0 radical (unpaired) electrons. The van der Waals surface area contributed by atoms with Crippen molar-refractivity contribution >= 4 is 22.7 Å². The lowest BCUT2D eigenvalue weighted by Crippen LogP contribution is -2.06. The van der Waals surface area contributed by atoms with E-state index in [2.05, 4.69) is 20.3 Å². The molecule has 3 N–H and O–H groups in total. The van der Waals surface area contributed by atoms with Crippen molar-refractivity contribution in [3.63, 3.8) is 0 Å². The van der Waals surface area contributed by atoms with Gasteiger partial charge in [0.05, 0.1) is 23.8 Å². The normalized spacial score (nSPS) is 10.8. The number of nitrogens with one attached hydrogen (secondary N) is 1. The van der Waals surface area contributed by atoms with Crippen molar-refractivity contribution in [2.45, 2.75) is 19.9 Å². The quantitative estimate of drug-likeness (QED) is 0.755. The molecule has 3 aromatic rings. The lowest BCUT2D eigenvalue weighted by molar-refractivity contribution is 0.465. The van der Waals surface area contributed by atoms with Crippen LogP contribution in [-0.4, -0.2) is 15.0 Å². The molecule has 1 aromatic carbocycles. The van der Waals surface area contributed by atoms with E-state index in [4.69, 9.17) is 10.2 Å². The molecule has 0 aliphatic rings. The van der Waals surface area contributed by atoms with Crippen LogP contribution in [0.1, 0.15) is 18.6 Å². The summed E-state index contributed by atoms with van der Waals surface area (Å²) in [5.74, 6) is 2.38. The van der Waals surface area contributed by atoms with Crippen molar-refractivity contribution in [2.75, 3.05) is 11.1 Å². The maximum absolute atomic E-state index is 5.90. The van der Waals surface area contributed by atoms with Crippen LogP contribution in [0, 0.1) is 0 Å². The maximum Gasteiger partial charge on any atom is 0.213 e. The summed E-state index contributed by atoms with van der Waals surface area (Å²) in [6.07, 6.45) is 2.55. The highest BCUT2D eigenvalue weighted by atomic mass is 16.4. The highest BCUT2D eigenvalue weighted by molar-refractivity contribution is 5.79. The van der Waals surface area contributed by atoms with E-state index < -0.39 is 0 Å². The molecule has 2 heterocycles. The molecule has 0 amide bonds. The van der Waals surface area contributed by atoms with E-state index in [0.717, 1.165) is 23.2 Å². The van der Waals surface area contributed by atoms with Crippen LogP contribution in [0.4, 0.5) is 11.6 Å². The van der Waals surface area contributed by atoms with Crippen molar-refractivity contribution in [3.05, 3.63) is 42.1 Å². The first kappa shape index (κ1) is 12.4. The van der Waals surface area contributed by atoms with Gasteiger partial charge in [0.2, 0.25) is 5.89 Å². The van der Waals surface area contributed by atoms with E-state index in [1.807, 2.05) is 31.2 Å². The number of aromatic nitrogens is 3. The highest BCUT2D eigenvalue weighted by Crippen LogP contribution is 2.19. The number of nitrogens with zero attached hydrogens (tertiary/aromatic N) is 3. The SMILES string of the molecule is CCc1cnc(CNc2nc3ccccc3nc2N)o1. The van der Waals surface area contributed by atoms with Gasteiger partial charge in [-0.2, -0.15) is 0 Å². The Balaban J connectivity index is 1.81. The fourth-order valence-electron chi connectivity index (χ4n) is 1.90. The second kappa shape index (κ2) is 5.16. The van der Waals surface area contributed by atoms with Gasteiger partial charge in [-0.3, -0.25) is 0 Å². The number of benzene rings is 1. The van der Waals surface area contributed by atoms with Gasteiger partial charge in [0.25, 0.3) is 0 Å². The number of nitrogen functional groups attached to an aromatic ring is 1. The average Bonchev–Trinajstić information content (AvgIpc) is 2.93. The Morgan fingerprint density at radius 1 is 1.20 bits per heavy atom. The molecule has 6 nitrogen and oxygen atoms in total. The Morgan fingerprint density at radius 2 is 1.95 bits per heavy atom. The first-order chi connectivity index (χ1) is 9.76. The van der Waals surface area contributed by atoms with E-state index in [1.54, 1.807) is 6.20 Å². The third kappa shape index (κ3) is 2.40. The molecule has 6 heteroatoms. The lowest BCUT2D eigenvalue weighted by atomic mass is 10.3. The lowest BCUT2D eigenvalue weighted by Gasteiger charge is -2.07. The molecular weight excluding hydrogens is 254 g/mol. The number of nitrogens with two attached hydrogens (primary N) is 1. The van der Waals surface area contributed by atoms with Crippen LogP contribution < -0.4 is 11.1 Å².